The van der Waals surface area contributed by atoms with Gasteiger partial charge in [-0.3, -0.25) is 0 Å². The molecule has 6 heteroatoms. The van der Waals surface area contributed by atoms with E-state index in [1.54, 1.807) is 0 Å². The molecule has 0 bridgehead atoms. The van der Waals surface area contributed by atoms with Crippen LogP contribution < -0.4 is 0 Å². The van der Waals surface area contributed by atoms with Gasteiger partial charge in [0, 0.05) is 32.7 Å². The zero-order valence-electron chi connectivity index (χ0n) is 11.0. The Labute approximate surface area is 107 Å². The number of hydrogen-bond acceptors (Lipinski definition) is 3. The molecule has 0 aromatic carbocycles. The number of nitriles is 1. The van der Waals surface area contributed by atoms with Gasteiger partial charge in [-0.05, 0) is 12.3 Å². The van der Waals surface area contributed by atoms with Crippen LogP contribution in [0.5, 0.6) is 0 Å². The van der Waals surface area contributed by atoms with Gasteiger partial charge >= 0.3 is 6.18 Å². The van der Waals surface area contributed by atoms with Crippen molar-refractivity contribution in [1.29, 1.82) is 5.26 Å². The van der Waals surface area contributed by atoms with E-state index >= 15 is 0 Å². The normalized spacial score (nSPS) is 12.1. The average molecular weight is 266 g/mol. The third-order valence-electron chi connectivity index (χ3n) is 2.19. The van der Waals surface area contributed by atoms with E-state index in [4.69, 9.17) is 5.26 Å². The van der Waals surface area contributed by atoms with E-state index in [1.807, 2.05) is 0 Å². The number of rotatable bonds is 9. The highest BCUT2D eigenvalue weighted by Crippen LogP contribution is 2.14. The first-order valence-corrected chi connectivity index (χ1v) is 6.09. The van der Waals surface area contributed by atoms with Crippen LogP contribution in [-0.4, -0.2) is 43.9 Å². The first-order valence-electron chi connectivity index (χ1n) is 6.09. The largest absolute Gasteiger partial charge is 0.411 e. The average Bonchev–Trinajstić information content (AvgIpc) is 2.22. The Bertz CT molecular complexity index is 249. The third kappa shape index (κ3) is 11.7. The first kappa shape index (κ1) is 17.2. The fraction of sp³-hybridized carbons (Fsp3) is 0.917. The predicted molar refractivity (Wildman–Crippen MR) is 63.0 cm³/mol. The minimum absolute atomic E-state index is 0.0979. The van der Waals surface area contributed by atoms with Crippen LogP contribution in [0.15, 0.2) is 0 Å². The van der Waals surface area contributed by atoms with E-state index in [2.05, 4.69) is 29.6 Å². The van der Waals surface area contributed by atoms with Gasteiger partial charge in [0.2, 0.25) is 0 Å². The van der Waals surface area contributed by atoms with E-state index < -0.39 is 12.8 Å². The van der Waals surface area contributed by atoms with Gasteiger partial charge in [0.25, 0.3) is 0 Å². The Morgan fingerprint density at radius 1 is 1.28 bits per heavy atom. The monoisotopic (exact) mass is 266 g/mol. The molecule has 0 unspecified atom stereocenters. The summed E-state index contributed by atoms with van der Waals surface area (Å²) < 4.78 is 40.0. The molecule has 0 heterocycles. The summed E-state index contributed by atoms with van der Waals surface area (Å²) in [5.41, 5.74) is 0. The molecule has 0 atom stereocenters. The summed E-state index contributed by atoms with van der Waals surface area (Å²) in [6.07, 6.45) is -3.26. The van der Waals surface area contributed by atoms with E-state index in [1.165, 1.54) is 0 Å². The van der Waals surface area contributed by atoms with Crippen LogP contribution >= 0.6 is 0 Å². The van der Waals surface area contributed by atoms with Crippen molar-refractivity contribution >= 4 is 0 Å². The summed E-state index contributed by atoms with van der Waals surface area (Å²) in [5, 5.41) is 8.52. The molecular weight excluding hydrogens is 245 g/mol. The van der Waals surface area contributed by atoms with Crippen molar-refractivity contribution in [3.05, 3.63) is 0 Å². The zero-order valence-corrected chi connectivity index (χ0v) is 11.0. The summed E-state index contributed by atoms with van der Waals surface area (Å²) in [6.45, 7) is 5.22. The van der Waals surface area contributed by atoms with Crippen LogP contribution in [0, 0.1) is 17.2 Å². The second-order valence-electron chi connectivity index (χ2n) is 4.62. The van der Waals surface area contributed by atoms with Crippen molar-refractivity contribution in [1.82, 2.24) is 4.90 Å². The van der Waals surface area contributed by atoms with Gasteiger partial charge in [0.15, 0.2) is 0 Å². The molecule has 0 amide bonds. The third-order valence-corrected chi connectivity index (χ3v) is 2.19. The Morgan fingerprint density at radius 2 is 1.94 bits per heavy atom. The molecule has 0 saturated heterocycles. The number of nitrogens with zero attached hydrogens (tertiary/aromatic N) is 2. The highest BCUT2D eigenvalue weighted by Gasteiger charge is 2.27. The number of alkyl halides is 3. The van der Waals surface area contributed by atoms with Crippen molar-refractivity contribution in [2.45, 2.75) is 32.9 Å². The lowest BCUT2D eigenvalue weighted by molar-refractivity contribution is -0.174. The molecule has 106 valence electrons. The summed E-state index contributed by atoms with van der Waals surface area (Å²) >= 11 is 0. The number of halogens is 3. The molecule has 0 fully saturated rings. The van der Waals surface area contributed by atoms with Gasteiger partial charge in [0.1, 0.15) is 6.61 Å². The maximum Gasteiger partial charge on any atom is 0.411 e. The van der Waals surface area contributed by atoms with E-state index in [-0.39, 0.29) is 6.61 Å². The number of hydrogen-bond donors (Lipinski definition) is 0. The van der Waals surface area contributed by atoms with Gasteiger partial charge in [-0.25, -0.2) is 0 Å². The Morgan fingerprint density at radius 3 is 2.44 bits per heavy atom. The summed E-state index contributed by atoms with van der Waals surface area (Å²) in [7, 11) is 0. The van der Waals surface area contributed by atoms with E-state index in [0.717, 1.165) is 6.54 Å². The van der Waals surface area contributed by atoms with Crippen LogP contribution in [0.25, 0.3) is 0 Å². The first-order chi connectivity index (χ1) is 8.35. The lowest BCUT2D eigenvalue weighted by Crippen LogP contribution is -2.30. The van der Waals surface area contributed by atoms with Crippen molar-refractivity contribution in [3.8, 4) is 6.07 Å². The molecule has 0 saturated carbocycles. The van der Waals surface area contributed by atoms with Gasteiger partial charge in [-0.15, -0.1) is 0 Å². The Kier molecular flexibility index (Phi) is 8.77. The van der Waals surface area contributed by atoms with Crippen LogP contribution in [0.3, 0.4) is 0 Å². The predicted octanol–water partition coefficient (Wildman–Crippen LogP) is 2.83. The van der Waals surface area contributed by atoms with Gasteiger partial charge in [-0.1, -0.05) is 13.8 Å². The zero-order chi connectivity index (χ0) is 14.0. The molecular formula is C12H21F3N2O. The molecule has 0 aliphatic carbocycles. The molecule has 0 radical (unpaired) electrons. The molecule has 0 aromatic heterocycles. The molecule has 18 heavy (non-hydrogen) atoms. The SMILES string of the molecule is CC(C)CN(CCC#N)CCCOCC(F)(F)F. The highest BCUT2D eigenvalue weighted by atomic mass is 19.4. The quantitative estimate of drug-likeness (QED) is 0.602. The minimum Gasteiger partial charge on any atom is -0.372 e. The van der Waals surface area contributed by atoms with Crippen molar-refractivity contribution < 1.29 is 17.9 Å². The van der Waals surface area contributed by atoms with Crippen molar-refractivity contribution in [3.63, 3.8) is 0 Å². The summed E-state index contributed by atoms with van der Waals surface area (Å²) in [4.78, 5) is 2.09. The molecule has 0 aromatic rings. The molecule has 0 aliphatic heterocycles. The van der Waals surface area contributed by atoms with Crippen LogP contribution in [-0.2, 0) is 4.74 Å². The molecule has 0 rings (SSSR count). The van der Waals surface area contributed by atoms with E-state index in [0.29, 0.717) is 31.8 Å². The van der Waals surface area contributed by atoms with Crippen LogP contribution in [0.4, 0.5) is 13.2 Å². The van der Waals surface area contributed by atoms with Crippen LogP contribution in [0.1, 0.15) is 26.7 Å². The molecule has 0 spiro atoms. The molecule has 0 aliphatic rings. The Hall–Kier alpha value is -0.800. The number of ether oxygens (including phenoxy) is 1. The fourth-order valence-electron chi connectivity index (χ4n) is 1.60. The van der Waals surface area contributed by atoms with Gasteiger partial charge in [0.05, 0.1) is 6.07 Å². The topological polar surface area (TPSA) is 36.3 Å². The van der Waals surface area contributed by atoms with Crippen LogP contribution in [0.2, 0.25) is 0 Å². The second kappa shape index (κ2) is 9.17. The summed E-state index contributed by atoms with van der Waals surface area (Å²) in [5.74, 6) is 0.472. The minimum atomic E-state index is -4.25. The Balaban J connectivity index is 3.72. The fourth-order valence-corrected chi connectivity index (χ4v) is 1.60. The summed E-state index contributed by atoms with van der Waals surface area (Å²) in [6, 6.07) is 2.07. The van der Waals surface area contributed by atoms with Crippen molar-refractivity contribution in [2.75, 3.05) is 32.8 Å². The lowest BCUT2D eigenvalue weighted by Gasteiger charge is -2.23. The smallest absolute Gasteiger partial charge is 0.372 e. The lowest BCUT2D eigenvalue weighted by atomic mass is 10.2. The van der Waals surface area contributed by atoms with E-state index in [9.17, 15) is 13.2 Å². The molecule has 0 N–H and O–H groups in total. The standard InChI is InChI=1S/C12H21F3N2O/c1-11(2)9-17(6-3-5-16)7-4-8-18-10-12(13,14)15/h11H,3-4,6-10H2,1-2H3. The highest BCUT2D eigenvalue weighted by molar-refractivity contribution is 4.72. The van der Waals surface area contributed by atoms with Crippen molar-refractivity contribution in [2.24, 2.45) is 5.92 Å². The van der Waals surface area contributed by atoms with Gasteiger partial charge < -0.3 is 9.64 Å². The molecule has 3 nitrogen and oxygen atoms in total. The maximum atomic E-state index is 11.8. The maximum absolute atomic E-state index is 11.8. The second-order valence-corrected chi connectivity index (χ2v) is 4.62. The van der Waals surface area contributed by atoms with Gasteiger partial charge in [-0.2, -0.15) is 18.4 Å².